The molecule has 0 amide bonds. The second-order valence-corrected chi connectivity index (χ2v) is 3.67. The van der Waals surface area contributed by atoms with E-state index >= 15 is 0 Å². The predicted octanol–water partition coefficient (Wildman–Crippen LogP) is 2.76. The van der Waals surface area contributed by atoms with Crippen LogP contribution < -0.4 is 5.43 Å². The number of hydrazone groups is 1. The normalized spacial score (nSPS) is 11.3. The first-order chi connectivity index (χ1) is 8.70. The minimum absolute atomic E-state index is 0.816. The minimum atomic E-state index is 0.816. The number of nitrogens with one attached hydrogen (secondary N) is 1. The van der Waals surface area contributed by atoms with Gasteiger partial charge in [-0.15, -0.1) is 0 Å². The molecule has 0 bridgehead atoms. The average molecular weight is 241 g/mol. The summed E-state index contributed by atoms with van der Waals surface area (Å²) in [4.78, 5) is 1.92. The number of rotatable bonds is 5. The van der Waals surface area contributed by atoms with Gasteiger partial charge in [0.2, 0.25) is 0 Å². The van der Waals surface area contributed by atoms with Crippen LogP contribution in [0.15, 0.2) is 72.5 Å². The van der Waals surface area contributed by atoms with E-state index in [0.717, 1.165) is 17.1 Å². The van der Waals surface area contributed by atoms with Gasteiger partial charge in [0.05, 0.1) is 0 Å². The molecule has 0 saturated carbocycles. The lowest BCUT2D eigenvalue weighted by Crippen LogP contribution is -2.27. The molecule has 0 unspecified atom stereocenters. The third kappa shape index (κ3) is 3.63. The first-order valence-corrected chi connectivity index (χ1v) is 5.72. The first-order valence-electron chi connectivity index (χ1n) is 5.72. The second-order valence-electron chi connectivity index (χ2n) is 3.67. The van der Waals surface area contributed by atoms with Crippen molar-refractivity contribution in [3.63, 3.8) is 0 Å². The Bertz CT molecular complexity index is 458. The molecule has 18 heavy (non-hydrogen) atoms. The molecule has 1 aromatic rings. The Morgan fingerprint density at radius 2 is 2.00 bits per heavy atom. The fourth-order valence-electron chi connectivity index (χ4n) is 1.45. The SMILES string of the molecule is C=CC=CC(=C)N(C)C(=NNC)c1ccccc1. The van der Waals surface area contributed by atoms with E-state index in [9.17, 15) is 0 Å². The van der Waals surface area contributed by atoms with Crippen molar-refractivity contribution < 1.29 is 0 Å². The zero-order valence-corrected chi connectivity index (χ0v) is 10.9. The molecule has 94 valence electrons. The van der Waals surface area contributed by atoms with E-state index in [1.165, 1.54) is 0 Å². The first kappa shape index (κ1) is 13.8. The van der Waals surface area contributed by atoms with Gasteiger partial charge in [-0.25, -0.2) is 0 Å². The van der Waals surface area contributed by atoms with Crippen molar-refractivity contribution in [2.24, 2.45) is 5.10 Å². The van der Waals surface area contributed by atoms with E-state index in [1.807, 2.05) is 54.4 Å². The molecule has 0 atom stereocenters. The molecule has 1 rings (SSSR count). The third-order valence-electron chi connectivity index (χ3n) is 2.42. The monoisotopic (exact) mass is 241 g/mol. The van der Waals surface area contributed by atoms with Crippen LogP contribution in [0.5, 0.6) is 0 Å². The third-order valence-corrected chi connectivity index (χ3v) is 2.42. The zero-order chi connectivity index (χ0) is 13.4. The predicted molar refractivity (Wildman–Crippen MR) is 78.3 cm³/mol. The molecular weight excluding hydrogens is 222 g/mol. The Morgan fingerprint density at radius 3 is 2.56 bits per heavy atom. The van der Waals surface area contributed by atoms with Gasteiger partial charge >= 0.3 is 0 Å². The topological polar surface area (TPSA) is 27.6 Å². The molecule has 0 aromatic heterocycles. The van der Waals surface area contributed by atoms with Gasteiger partial charge in [0.15, 0.2) is 5.84 Å². The summed E-state index contributed by atoms with van der Waals surface area (Å²) < 4.78 is 0. The summed E-state index contributed by atoms with van der Waals surface area (Å²) in [5, 5.41) is 4.30. The van der Waals surface area contributed by atoms with Crippen molar-refractivity contribution in [3.05, 3.63) is 73.0 Å². The summed E-state index contributed by atoms with van der Waals surface area (Å²) >= 11 is 0. The van der Waals surface area contributed by atoms with Crippen LogP contribution in [-0.2, 0) is 0 Å². The van der Waals surface area contributed by atoms with E-state index in [4.69, 9.17) is 0 Å². The molecule has 0 aliphatic carbocycles. The van der Waals surface area contributed by atoms with E-state index in [-0.39, 0.29) is 0 Å². The smallest absolute Gasteiger partial charge is 0.159 e. The van der Waals surface area contributed by atoms with E-state index in [0.29, 0.717) is 0 Å². The minimum Gasteiger partial charge on any atom is -0.328 e. The van der Waals surface area contributed by atoms with Crippen LogP contribution in [0.25, 0.3) is 0 Å². The summed E-state index contributed by atoms with van der Waals surface area (Å²) in [5.41, 5.74) is 4.69. The highest BCUT2D eigenvalue weighted by Gasteiger charge is 2.10. The molecule has 3 heteroatoms. The second kappa shape index (κ2) is 7.12. The number of hydrogen-bond acceptors (Lipinski definition) is 2. The lowest BCUT2D eigenvalue weighted by Gasteiger charge is -2.21. The molecule has 1 N–H and O–H groups in total. The molecule has 0 spiro atoms. The van der Waals surface area contributed by atoms with Crippen LogP contribution in [0.2, 0.25) is 0 Å². The van der Waals surface area contributed by atoms with Crippen molar-refractivity contribution in [3.8, 4) is 0 Å². The fourth-order valence-corrected chi connectivity index (χ4v) is 1.45. The highest BCUT2D eigenvalue weighted by atomic mass is 15.3. The van der Waals surface area contributed by atoms with Crippen LogP contribution in [-0.4, -0.2) is 24.8 Å². The lowest BCUT2D eigenvalue weighted by atomic mass is 10.2. The highest BCUT2D eigenvalue weighted by molar-refractivity contribution is 5.99. The van der Waals surface area contributed by atoms with Crippen LogP contribution in [0.4, 0.5) is 0 Å². The van der Waals surface area contributed by atoms with Crippen LogP contribution in [0.1, 0.15) is 5.56 Å². The quantitative estimate of drug-likeness (QED) is 0.371. The van der Waals surface area contributed by atoms with Gasteiger partial charge in [-0.05, 0) is 6.08 Å². The van der Waals surface area contributed by atoms with Crippen molar-refractivity contribution in [2.75, 3.05) is 14.1 Å². The van der Waals surface area contributed by atoms with Crippen LogP contribution >= 0.6 is 0 Å². The van der Waals surface area contributed by atoms with Gasteiger partial charge in [0.25, 0.3) is 0 Å². The van der Waals surface area contributed by atoms with Gasteiger partial charge in [0, 0.05) is 25.4 Å². The molecule has 1 aromatic carbocycles. The van der Waals surface area contributed by atoms with Crippen molar-refractivity contribution >= 4 is 5.84 Å². The summed E-state index contributed by atoms with van der Waals surface area (Å²) in [5.74, 6) is 0.816. The standard InChI is InChI=1S/C15H19N3/c1-5-6-10-13(2)18(4)15(17-16-3)14-11-8-7-9-12-14/h5-12,16H,1-2H2,3-4H3. The maximum absolute atomic E-state index is 4.30. The van der Waals surface area contributed by atoms with Crippen LogP contribution in [0, 0.1) is 0 Å². The Morgan fingerprint density at radius 1 is 1.33 bits per heavy atom. The van der Waals surface area contributed by atoms with Crippen LogP contribution in [0.3, 0.4) is 0 Å². The van der Waals surface area contributed by atoms with Gasteiger partial charge in [-0.3, -0.25) is 0 Å². The Balaban J connectivity index is 3.00. The summed E-state index contributed by atoms with van der Waals surface area (Å²) in [7, 11) is 3.71. The van der Waals surface area contributed by atoms with Crippen molar-refractivity contribution in [1.29, 1.82) is 0 Å². The molecule has 0 aliphatic rings. The van der Waals surface area contributed by atoms with E-state index in [2.05, 4.69) is 23.7 Å². The van der Waals surface area contributed by atoms with Gasteiger partial charge in [0.1, 0.15) is 0 Å². The van der Waals surface area contributed by atoms with Crippen molar-refractivity contribution in [1.82, 2.24) is 10.3 Å². The Labute approximate surface area is 109 Å². The fraction of sp³-hybridized carbons (Fsp3) is 0.133. The van der Waals surface area contributed by atoms with E-state index in [1.54, 1.807) is 13.1 Å². The largest absolute Gasteiger partial charge is 0.328 e. The summed E-state index contributed by atoms with van der Waals surface area (Å²) in [6, 6.07) is 9.97. The van der Waals surface area contributed by atoms with Gasteiger partial charge in [-0.2, -0.15) is 5.10 Å². The summed E-state index contributed by atoms with van der Waals surface area (Å²) in [6.45, 7) is 7.65. The lowest BCUT2D eigenvalue weighted by molar-refractivity contribution is 0.639. The Kier molecular flexibility index (Phi) is 5.45. The Hall–Kier alpha value is -2.29. The van der Waals surface area contributed by atoms with Crippen molar-refractivity contribution in [2.45, 2.75) is 0 Å². The average Bonchev–Trinajstić information content (AvgIpc) is 2.42. The molecule has 0 saturated heterocycles. The summed E-state index contributed by atoms with van der Waals surface area (Å²) in [6.07, 6.45) is 5.46. The number of hydrogen-bond donors (Lipinski definition) is 1. The number of likely N-dealkylation sites (N-methyl/N-ethyl adjacent to an activating group) is 1. The molecule has 3 nitrogen and oxygen atoms in total. The highest BCUT2D eigenvalue weighted by Crippen LogP contribution is 2.09. The van der Waals surface area contributed by atoms with Gasteiger partial charge in [-0.1, -0.05) is 55.6 Å². The molecule has 0 fully saturated rings. The number of benzene rings is 1. The van der Waals surface area contributed by atoms with E-state index < -0.39 is 0 Å². The molecule has 0 heterocycles. The zero-order valence-electron chi connectivity index (χ0n) is 10.9. The maximum Gasteiger partial charge on any atom is 0.159 e. The number of allylic oxidation sites excluding steroid dienone is 3. The molecular formula is C15H19N3. The maximum atomic E-state index is 4.30. The van der Waals surface area contributed by atoms with Gasteiger partial charge < -0.3 is 10.3 Å². The molecule has 0 radical (unpaired) electrons. The molecule has 0 aliphatic heterocycles. The number of nitrogens with zero attached hydrogens (tertiary/aromatic N) is 2. The number of amidine groups is 1.